The zero-order valence-electron chi connectivity index (χ0n) is 14.6. The number of hydrogen-bond donors (Lipinski definition) is 0. The lowest BCUT2D eigenvalue weighted by Gasteiger charge is -2.37. The zero-order chi connectivity index (χ0) is 17.9. The summed E-state index contributed by atoms with van der Waals surface area (Å²) < 4.78 is 0. The van der Waals surface area contributed by atoms with Crippen molar-refractivity contribution in [2.24, 2.45) is 0 Å². The lowest BCUT2D eigenvalue weighted by Crippen LogP contribution is -2.53. The Labute approximate surface area is 157 Å². The molecule has 0 saturated carbocycles. The van der Waals surface area contributed by atoms with Gasteiger partial charge in [-0.3, -0.25) is 19.5 Å². The summed E-state index contributed by atoms with van der Waals surface area (Å²) >= 11 is 1.54. The fourth-order valence-electron chi connectivity index (χ4n) is 3.74. The summed E-state index contributed by atoms with van der Waals surface area (Å²) in [5, 5.41) is 3.82. The van der Waals surface area contributed by atoms with Crippen molar-refractivity contribution in [1.29, 1.82) is 0 Å². The van der Waals surface area contributed by atoms with Crippen LogP contribution in [0.15, 0.2) is 41.4 Å². The van der Waals surface area contributed by atoms with Crippen LogP contribution in [0.4, 0.5) is 0 Å². The molecule has 6 nitrogen and oxygen atoms in total. The van der Waals surface area contributed by atoms with E-state index in [-0.39, 0.29) is 17.9 Å². The van der Waals surface area contributed by atoms with Crippen LogP contribution in [0.5, 0.6) is 0 Å². The first-order valence-electron chi connectivity index (χ1n) is 8.95. The summed E-state index contributed by atoms with van der Waals surface area (Å²) in [6.45, 7) is 4.29. The molecule has 2 fully saturated rings. The number of thiophene rings is 1. The van der Waals surface area contributed by atoms with Crippen molar-refractivity contribution in [1.82, 2.24) is 19.7 Å². The van der Waals surface area contributed by atoms with Crippen molar-refractivity contribution in [3.63, 3.8) is 0 Å². The van der Waals surface area contributed by atoms with Crippen LogP contribution >= 0.6 is 11.3 Å². The van der Waals surface area contributed by atoms with Crippen molar-refractivity contribution < 1.29 is 9.59 Å². The summed E-state index contributed by atoms with van der Waals surface area (Å²) in [7, 11) is 0. The lowest BCUT2D eigenvalue weighted by atomic mass is 10.1. The summed E-state index contributed by atoms with van der Waals surface area (Å²) in [5.74, 6) is 0.299. The van der Waals surface area contributed by atoms with Crippen LogP contribution in [0.1, 0.15) is 22.3 Å². The Morgan fingerprint density at radius 3 is 2.73 bits per heavy atom. The maximum Gasteiger partial charge on any atom is 0.254 e. The highest BCUT2D eigenvalue weighted by Gasteiger charge is 2.37. The molecule has 4 rings (SSSR count). The topological polar surface area (TPSA) is 56.8 Å². The van der Waals surface area contributed by atoms with Crippen molar-refractivity contribution in [3.8, 4) is 0 Å². The van der Waals surface area contributed by atoms with E-state index in [1.807, 2.05) is 45.0 Å². The number of aromatic nitrogens is 1. The maximum atomic E-state index is 12.8. The van der Waals surface area contributed by atoms with E-state index in [1.54, 1.807) is 17.5 Å². The summed E-state index contributed by atoms with van der Waals surface area (Å²) in [4.78, 5) is 35.4. The van der Waals surface area contributed by atoms with E-state index in [4.69, 9.17) is 0 Å². The molecule has 4 heterocycles. The molecule has 2 saturated heterocycles. The third kappa shape index (κ3) is 3.50. The van der Waals surface area contributed by atoms with Crippen molar-refractivity contribution in [2.75, 3.05) is 32.7 Å². The van der Waals surface area contributed by atoms with E-state index in [9.17, 15) is 9.59 Å². The first-order chi connectivity index (χ1) is 12.7. The predicted molar refractivity (Wildman–Crippen MR) is 99.9 cm³/mol. The quantitative estimate of drug-likeness (QED) is 0.822. The van der Waals surface area contributed by atoms with Gasteiger partial charge in [0.05, 0.1) is 11.6 Å². The summed E-state index contributed by atoms with van der Waals surface area (Å²) in [5.41, 5.74) is 1.83. The van der Waals surface area contributed by atoms with Gasteiger partial charge in [0.25, 0.3) is 5.91 Å². The fraction of sp³-hybridized carbons (Fsp3) is 0.421. The Morgan fingerprint density at radius 1 is 1.19 bits per heavy atom. The van der Waals surface area contributed by atoms with Gasteiger partial charge >= 0.3 is 0 Å². The smallest absolute Gasteiger partial charge is 0.254 e. The molecule has 0 aromatic carbocycles. The van der Waals surface area contributed by atoms with E-state index < -0.39 is 0 Å². The molecule has 0 bridgehead atoms. The second kappa shape index (κ2) is 7.55. The maximum absolute atomic E-state index is 12.8. The van der Waals surface area contributed by atoms with Crippen LogP contribution < -0.4 is 0 Å². The number of hydrogen-bond acceptors (Lipinski definition) is 5. The van der Waals surface area contributed by atoms with Gasteiger partial charge in [0, 0.05) is 57.0 Å². The van der Waals surface area contributed by atoms with Crippen LogP contribution in [0.3, 0.4) is 0 Å². The molecule has 0 radical (unpaired) electrons. The molecule has 136 valence electrons. The average molecular weight is 370 g/mol. The number of nitrogens with zero attached hydrogens (tertiary/aromatic N) is 4. The van der Waals surface area contributed by atoms with Gasteiger partial charge in [-0.15, -0.1) is 0 Å². The second-order valence-electron chi connectivity index (χ2n) is 6.77. The molecule has 26 heavy (non-hydrogen) atoms. The Balaban J connectivity index is 1.32. The summed E-state index contributed by atoms with van der Waals surface area (Å²) in [6.07, 6.45) is 4.42. The van der Waals surface area contributed by atoms with Crippen molar-refractivity contribution in [2.45, 2.75) is 19.0 Å². The van der Waals surface area contributed by atoms with Gasteiger partial charge in [-0.1, -0.05) is 6.07 Å². The SMILES string of the molecule is O=C(c1ccsc1)N1CCN(C2CCN(Cc3cccnc3)C2=O)CC1. The third-order valence-corrected chi connectivity index (χ3v) is 5.86. The van der Waals surface area contributed by atoms with Crippen molar-refractivity contribution >= 4 is 23.2 Å². The molecule has 0 aliphatic carbocycles. The van der Waals surface area contributed by atoms with Gasteiger partial charge in [0.1, 0.15) is 0 Å². The minimum atomic E-state index is -0.0509. The number of likely N-dealkylation sites (tertiary alicyclic amines) is 1. The van der Waals surface area contributed by atoms with Crippen molar-refractivity contribution in [3.05, 3.63) is 52.5 Å². The molecule has 2 aromatic heterocycles. The van der Waals surface area contributed by atoms with Crippen LogP contribution in [0.2, 0.25) is 0 Å². The Bertz CT molecular complexity index is 757. The Morgan fingerprint density at radius 2 is 2.04 bits per heavy atom. The number of amides is 2. The van der Waals surface area contributed by atoms with Crippen LogP contribution in [-0.4, -0.2) is 70.3 Å². The monoisotopic (exact) mass is 370 g/mol. The molecule has 2 aromatic rings. The predicted octanol–water partition coefficient (Wildman–Crippen LogP) is 1.70. The van der Waals surface area contributed by atoms with E-state index in [1.165, 1.54) is 0 Å². The first kappa shape index (κ1) is 17.2. The molecular weight excluding hydrogens is 348 g/mol. The van der Waals surface area contributed by atoms with Gasteiger partial charge < -0.3 is 9.80 Å². The lowest BCUT2D eigenvalue weighted by molar-refractivity contribution is -0.133. The molecule has 2 amide bonds. The first-order valence-corrected chi connectivity index (χ1v) is 9.90. The highest BCUT2D eigenvalue weighted by atomic mass is 32.1. The van der Waals surface area contributed by atoms with E-state index in [2.05, 4.69) is 9.88 Å². The van der Waals surface area contributed by atoms with Gasteiger partial charge in [-0.05, 0) is 29.5 Å². The molecule has 7 heteroatoms. The van der Waals surface area contributed by atoms with E-state index in [0.717, 1.165) is 37.2 Å². The molecular formula is C19H22N4O2S. The van der Waals surface area contributed by atoms with Gasteiger partial charge in [-0.2, -0.15) is 11.3 Å². The van der Waals surface area contributed by atoms with Crippen LogP contribution in [-0.2, 0) is 11.3 Å². The highest BCUT2D eigenvalue weighted by Crippen LogP contribution is 2.21. The number of rotatable bonds is 4. The highest BCUT2D eigenvalue weighted by molar-refractivity contribution is 7.08. The average Bonchev–Trinajstić information content (AvgIpc) is 3.33. The Kier molecular flexibility index (Phi) is 4.99. The molecule has 1 atom stereocenters. The normalized spacial score (nSPS) is 21.4. The summed E-state index contributed by atoms with van der Waals surface area (Å²) in [6, 6.07) is 5.72. The Hall–Kier alpha value is -2.25. The van der Waals surface area contributed by atoms with Crippen LogP contribution in [0, 0.1) is 0 Å². The molecule has 0 N–H and O–H groups in total. The number of carbonyl (C=O) groups is 2. The molecule has 1 unspecified atom stereocenters. The molecule has 2 aliphatic rings. The number of carbonyl (C=O) groups excluding carboxylic acids is 2. The standard InChI is InChI=1S/C19H22N4O2S/c24-18(16-4-11-26-14-16)22-9-7-21(8-10-22)17-3-6-23(19(17)25)13-15-2-1-5-20-12-15/h1-2,4-5,11-12,14,17H,3,6-10,13H2. The van der Waals surface area contributed by atoms with Crippen LogP contribution in [0.25, 0.3) is 0 Å². The van der Waals surface area contributed by atoms with Gasteiger partial charge in [0.2, 0.25) is 5.91 Å². The van der Waals surface area contributed by atoms with Gasteiger partial charge in [-0.25, -0.2) is 0 Å². The number of pyridine rings is 1. The van der Waals surface area contributed by atoms with E-state index >= 15 is 0 Å². The second-order valence-corrected chi connectivity index (χ2v) is 7.55. The molecule has 0 spiro atoms. The van der Waals surface area contributed by atoms with E-state index in [0.29, 0.717) is 19.6 Å². The minimum Gasteiger partial charge on any atom is -0.337 e. The zero-order valence-corrected chi connectivity index (χ0v) is 15.4. The fourth-order valence-corrected chi connectivity index (χ4v) is 4.37. The minimum absolute atomic E-state index is 0.0509. The third-order valence-electron chi connectivity index (χ3n) is 5.18. The largest absolute Gasteiger partial charge is 0.337 e. The van der Waals surface area contributed by atoms with Gasteiger partial charge in [0.15, 0.2) is 0 Å². The number of piperazine rings is 1. The molecule has 2 aliphatic heterocycles.